The average Bonchev–Trinajstić information content (AvgIpc) is 2.77. The van der Waals surface area contributed by atoms with Gasteiger partial charge in [0.05, 0.1) is 5.02 Å². The van der Waals surface area contributed by atoms with Gasteiger partial charge in [0.2, 0.25) is 0 Å². The summed E-state index contributed by atoms with van der Waals surface area (Å²) in [6, 6.07) is 15.6. The van der Waals surface area contributed by atoms with Crippen LogP contribution in [-0.2, 0) is 7.05 Å². The number of halogens is 2. The van der Waals surface area contributed by atoms with E-state index in [1.165, 1.54) is 0 Å². The molecule has 0 bridgehead atoms. The molecule has 0 atom stereocenters. The third kappa shape index (κ3) is 2.57. The van der Waals surface area contributed by atoms with Gasteiger partial charge in [-0.3, -0.25) is 0 Å². The summed E-state index contributed by atoms with van der Waals surface area (Å²) >= 11 is 9.71. The molecule has 0 spiro atoms. The SMILES string of the molecule is Cn1c(-c2ccccc2)nc(-c2ccc(Br)cc2Cl)c1N. The minimum absolute atomic E-state index is 0.595. The summed E-state index contributed by atoms with van der Waals surface area (Å²) < 4.78 is 2.80. The fourth-order valence-electron chi connectivity index (χ4n) is 2.24. The van der Waals surface area contributed by atoms with Crippen LogP contribution in [-0.4, -0.2) is 9.55 Å². The Morgan fingerprint density at radius 3 is 2.52 bits per heavy atom. The van der Waals surface area contributed by atoms with Crippen molar-refractivity contribution >= 4 is 33.3 Å². The van der Waals surface area contributed by atoms with Crippen molar-refractivity contribution in [3.8, 4) is 22.6 Å². The number of hydrogen-bond donors (Lipinski definition) is 1. The van der Waals surface area contributed by atoms with Crippen LogP contribution in [0.4, 0.5) is 5.82 Å². The van der Waals surface area contributed by atoms with E-state index in [9.17, 15) is 0 Å². The van der Waals surface area contributed by atoms with Gasteiger partial charge < -0.3 is 10.3 Å². The Hall–Kier alpha value is -1.78. The summed E-state index contributed by atoms with van der Waals surface area (Å²) in [4.78, 5) is 4.68. The van der Waals surface area contributed by atoms with Crippen molar-refractivity contribution in [3.05, 3.63) is 58.0 Å². The second-order valence-corrected chi connectivity index (χ2v) is 6.04. The molecule has 3 aromatic rings. The van der Waals surface area contributed by atoms with Crippen LogP contribution < -0.4 is 5.73 Å². The summed E-state index contributed by atoms with van der Waals surface area (Å²) in [5, 5.41) is 0.619. The van der Waals surface area contributed by atoms with Crippen LogP contribution in [0.5, 0.6) is 0 Å². The molecule has 21 heavy (non-hydrogen) atoms. The van der Waals surface area contributed by atoms with Gasteiger partial charge in [0.25, 0.3) is 0 Å². The first-order valence-corrected chi connectivity index (χ1v) is 7.58. The summed E-state index contributed by atoms with van der Waals surface area (Å²) in [5.41, 5.74) is 8.76. The van der Waals surface area contributed by atoms with Crippen molar-refractivity contribution < 1.29 is 0 Å². The molecule has 3 rings (SSSR count). The highest BCUT2D eigenvalue weighted by Crippen LogP contribution is 2.35. The number of rotatable bonds is 2. The van der Waals surface area contributed by atoms with Gasteiger partial charge in [-0.25, -0.2) is 4.98 Å². The Bertz CT molecular complexity index is 797. The molecule has 0 unspecified atom stereocenters. The highest BCUT2D eigenvalue weighted by Gasteiger charge is 2.17. The first kappa shape index (κ1) is 14.2. The Morgan fingerprint density at radius 2 is 1.86 bits per heavy atom. The normalized spacial score (nSPS) is 10.8. The van der Waals surface area contributed by atoms with E-state index in [0.717, 1.165) is 21.4 Å². The predicted octanol–water partition coefficient (Wildman–Crippen LogP) is 4.75. The second-order valence-electron chi connectivity index (χ2n) is 4.72. The molecule has 0 aliphatic carbocycles. The summed E-state index contributed by atoms with van der Waals surface area (Å²) in [5.74, 6) is 1.42. The first-order chi connectivity index (χ1) is 10.1. The van der Waals surface area contributed by atoms with Crippen molar-refractivity contribution in [1.29, 1.82) is 0 Å². The van der Waals surface area contributed by atoms with E-state index >= 15 is 0 Å². The third-order valence-corrected chi connectivity index (χ3v) is 4.16. The first-order valence-electron chi connectivity index (χ1n) is 6.41. The molecule has 0 saturated heterocycles. The van der Waals surface area contributed by atoms with Crippen LogP contribution in [0.15, 0.2) is 53.0 Å². The maximum Gasteiger partial charge on any atom is 0.142 e. The van der Waals surface area contributed by atoms with E-state index in [1.807, 2.05) is 60.1 Å². The van der Waals surface area contributed by atoms with E-state index in [0.29, 0.717) is 16.5 Å². The zero-order valence-corrected chi connectivity index (χ0v) is 13.7. The lowest BCUT2D eigenvalue weighted by Crippen LogP contribution is -1.98. The molecular weight excluding hydrogens is 350 g/mol. The van der Waals surface area contributed by atoms with Crippen molar-refractivity contribution in [3.63, 3.8) is 0 Å². The van der Waals surface area contributed by atoms with E-state index in [4.69, 9.17) is 17.3 Å². The summed E-state index contributed by atoms with van der Waals surface area (Å²) in [6.07, 6.45) is 0. The van der Waals surface area contributed by atoms with Gasteiger partial charge in [0.1, 0.15) is 17.3 Å². The molecule has 106 valence electrons. The van der Waals surface area contributed by atoms with Gasteiger partial charge in [-0.2, -0.15) is 0 Å². The van der Waals surface area contributed by atoms with E-state index < -0.39 is 0 Å². The zero-order valence-electron chi connectivity index (χ0n) is 11.3. The van der Waals surface area contributed by atoms with Crippen LogP contribution in [0, 0.1) is 0 Å². The number of nitrogen functional groups attached to an aromatic ring is 1. The fourth-order valence-corrected chi connectivity index (χ4v) is 3.00. The quantitative estimate of drug-likeness (QED) is 0.715. The average molecular weight is 363 g/mol. The second kappa shape index (κ2) is 5.54. The topological polar surface area (TPSA) is 43.8 Å². The molecule has 3 nitrogen and oxygen atoms in total. The molecule has 1 aromatic heterocycles. The molecule has 5 heteroatoms. The molecule has 1 heterocycles. The number of hydrogen-bond acceptors (Lipinski definition) is 2. The summed E-state index contributed by atoms with van der Waals surface area (Å²) in [7, 11) is 1.90. The number of nitrogens with two attached hydrogens (primary N) is 1. The van der Waals surface area contributed by atoms with Gasteiger partial charge in [0.15, 0.2) is 0 Å². The number of benzene rings is 2. The number of anilines is 1. The molecule has 0 fully saturated rings. The fraction of sp³-hybridized carbons (Fsp3) is 0.0625. The molecule has 0 aliphatic heterocycles. The maximum absolute atomic E-state index is 6.31. The molecule has 0 radical (unpaired) electrons. The van der Waals surface area contributed by atoms with Gasteiger partial charge in [-0.1, -0.05) is 63.9 Å². The van der Waals surface area contributed by atoms with E-state index in [-0.39, 0.29) is 0 Å². The standard InChI is InChI=1S/C16H13BrClN3/c1-21-15(19)14(12-8-7-11(17)9-13(12)18)20-16(21)10-5-3-2-4-6-10/h2-9H,19H2,1H3. The minimum Gasteiger partial charge on any atom is -0.383 e. The number of imidazole rings is 1. The molecule has 2 N–H and O–H groups in total. The van der Waals surface area contributed by atoms with Gasteiger partial charge in [0, 0.05) is 22.6 Å². The van der Waals surface area contributed by atoms with Gasteiger partial charge in [-0.15, -0.1) is 0 Å². The molecule has 2 aromatic carbocycles. The molecule has 0 aliphatic rings. The van der Waals surface area contributed by atoms with E-state index in [2.05, 4.69) is 20.9 Å². The van der Waals surface area contributed by atoms with Crippen LogP contribution in [0.2, 0.25) is 5.02 Å². The largest absolute Gasteiger partial charge is 0.383 e. The number of nitrogens with zero attached hydrogens (tertiary/aromatic N) is 2. The maximum atomic E-state index is 6.31. The third-order valence-electron chi connectivity index (χ3n) is 3.36. The van der Waals surface area contributed by atoms with Crippen molar-refractivity contribution in [1.82, 2.24) is 9.55 Å². The minimum atomic E-state index is 0.595. The number of aromatic nitrogens is 2. The highest BCUT2D eigenvalue weighted by atomic mass is 79.9. The van der Waals surface area contributed by atoms with E-state index in [1.54, 1.807) is 0 Å². The van der Waals surface area contributed by atoms with Crippen molar-refractivity contribution in [2.24, 2.45) is 7.05 Å². The Labute approximate surface area is 136 Å². The lowest BCUT2D eigenvalue weighted by molar-refractivity contribution is 0.937. The van der Waals surface area contributed by atoms with Crippen molar-refractivity contribution in [2.75, 3.05) is 5.73 Å². The van der Waals surface area contributed by atoms with Crippen LogP contribution >= 0.6 is 27.5 Å². The van der Waals surface area contributed by atoms with Crippen LogP contribution in [0.1, 0.15) is 0 Å². The highest BCUT2D eigenvalue weighted by molar-refractivity contribution is 9.10. The Balaban J connectivity index is 2.17. The Kier molecular flexibility index (Phi) is 3.74. The summed E-state index contributed by atoms with van der Waals surface area (Å²) in [6.45, 7) is 0. The molecule has 0 saturated carbocycles. The van der Waals surface area contributed by atoms with Crippen LogP contribution in [0.3, 0.4) is 0 Å². The molecule has 0 amide bonds. The van der Waals surface area contributed by atoms with Gasteiger partial charge >= 0.3 is 0 Å². The van der Waals surface area contributed by atoms with Gasteiger partial charge in [-0.05, 0) is 12.1 Å². The molecular formula is C16H13BrClN3. The lowest BCUT2D eigenvalue weighted by atomic mass is 10.1. The monoisotopic (exact) mass is 361 g/mol. The smallest absolute Gasteiger partial charge is 0.142 e. The zero-order chi connectivity index (χ0) is 15.0. The van der Waals surface area contributed by atoms with Crippen LogP contribution in [0.25, 0.3) is 22.6 Å². The lowest BCUT2D eigenvalue weighted by Gasteiger charge is -2.03. The van der Waals surface area contributed by atoms with Crippen molar-refractivity contribution in [2.45, 2.75) is 0 Å². The Morgan fingerprint density at radius 1 is 1.14 bits per heavy atom. The predicted molar refractivity (Wildman–Crippen MR) is 91.2 cm³/mol.